The van der Waals surface area contributed by atoms with Crippen LogP contribution in [0.1, 0.15) is 21.5 Å². The zero-order chi connectivity index (χ0) is 24.1. The minimum absolute atomic E-state index is 0.233. The number of hydrogen-bond donors (Lipinski definition) is 1. The number of hydrogen-bond acceptors (Lipinski definition) is 5. The van der Waals surface area contributed by atoms with E-state index < -0.39 is 5.91 Å². The number of rotatable bonds is 6. The van der Waals surface area contributed by atoms with Crippen LogP contribution in [0.4, 0.5) is 0 Å². The van der Waals surface area contributed by atoms with E-state index in [1.165, 1.54) is 7.11 Å². The van der Waals surface area contributed by atoms with Gasteiger partial charge in [0, 0.05) is 21.2 Å². The van der Waals surface area contributed by atoms with Gasteiger partial charge in [-0.05, 0) is 59.8 Å². The van der Waals surface area contributed by atoms with E-state index in [-0.39, 0.29) is 17.7 Å². The monoisotopic (exact) mass is 512 g/mol. The van der Waals surface area contributed by atoms with Gasteiger partial charge in [0.2, 0.25) is 0 Å². The number of aliphatic imine (C=N–C) groups is 1. The zero-order valence-corrected chi connectivity index (χ0v) is 20.2. The van der Waals surface area contributed by atoms with Gasteiger partial charge >= 0.3 is 0 Å². The Labute approximate surface area is 210 Å². The van der Waals surface area contributed by atoms with Crippen molar-refractivity contribution in [2.24, 2.45) is 4.99 Å². The van der Waals surface area contributed by atoms with Gasteiger partial charge in [-0.15, -0.1) is 0 Å². The Morgan fingerprint density at radius 1 is 1.06 bits per heavy atom. The van der Waals surface area contributed by atoms with Crippen molar-refractivity contribution in [3.8, 4) is 11.5 Å². The summed E-state index contributed by atoms with van der Waals surface area (Å²) in [6, 6.07) is 19.2. The standard InChI is InChI=1S/C25H18Cl2N2O4S/c1-32-21-11-15(7-10-20(21)33-14-17-8-9-18(26)13-19(17)27)12-22-24(31)29-25(34-22)28-23(30)16-5-3-2-4-6-16/h2-13H,14H2,1H3,(H,28,29,30,31)/b22-12-. The summed E-state index contributed by atoms with van der Waals surface area (Å²) < 4.78 is 11.3. The van der Waals surface area contributed by atoms with E-state index in [4.69, 9.17) is 32.7 Å². The number of methoxy groups -OCH3 is 1. The number of carbonyl (C=O) groups excluding carboxylic acids is 2. The SMILES string of the molecule is COc1cc(/C=C2\SC(=NC(=O)c3ccccc3)NC2=O)ccc1OCc1ccc(Cl)cc1Cl. The Balaban J connectivity index is 1.47. The Bertz CT molecular complexity index is 1310. The van der Waals surface area contributed by atoms with Gasteiger partial charge < -0.3 is 14.8 Å². The predicted octanol–water partition coefficient (Wildman–Crippen LogP) is 5.98. The van der Waals surface area contributed by atoms with E-state index in [0.29, 0.717) is 32.0 Å². The van der Waals surface area contributed by atoms with Gasteiger partial charge in [-0.1, -0.05) is 53.5 Å². The fourth-order valence-electron chi connectivity index (χ4n) is 3.06. The average Bonchev–Trinajstić information content (AvgIpc) is 3.17. The van der Waals surface area contributed by atoms with Crippen LogP contribution in [-0.2, 0) is 11.4 Å². The molecule has 0 atom stereocenters. The van der Waals surface area contributed by atoms with Crippen LogP contribution in [0, 0.1) is 0 Å². The van der Waals surface area contributed by atoms with Gasteiger partial charge in [0.05, 0.1) is 12.0 Å². The van der Waals surface area contributed by atoms with Crippen molar-refractivity contribution in [3.05, 3.63) is 98.4 Å². The second kappa shape index (κ2) is 10.8. The van der Waals surface area contributed by atoms with E-state index >= 15 is 0 Å². The number of benzene rings is 3. The molecule has 4 rings (SSSR count). The van der Waals surface area contributed by atoms with E-state index in [1.54, 1.807) is 66.7 Å². The average molecular weight is 513 g/mol. The molecule has 6 nitrogen and oxygen atoms in total. The van der Waals surface area contributed by atoms with Crippen LogP contribution < -0.4 is 14.8 Å². The molecule has 2 amide bonds. The molecule has 172 valence electrons. The molecule has 1 aliphatic heterocycles. The van der Waals surface area contributed by atoms with Gasteiger partial charge in [0.1, 0.15) is 6.61 Å². The third-order valence-corrected chi connectivity index (χ3v) is 6.26. The highest BCUT2D eigenvalue weighted by Crippen LogP contribution is 2.33. The molecule has 0 aliphatic carbocycles. The summed E-state index contributed by atoms with van der Waals surface area (Å²) in [7, 11) is 1.53. The lowest BCUT2D eigenvalue weighted by Gasteiger charge is -2.12. The third-order valence-electron chi connectivity index (χ3n) is 4.76. The van der Waals surface area contributed by atoms with Gasteiger partial charge in [0.25, 0.3) is 11.8 Å². The first-order valence-corrected chi connectivity index (χ1v) is 11.6. The van der Waals surface area contributed by atoms with Gasteiger partial charge in [-0.2, -0.15) is 4.99 Å². The van der Waals surface area contributed by atoms with Crippen molar-refractivity contribution >= 4 is 58.0 Å². The number of halogens is 2. The minimum atomic E-state index is -0.423. The predicted molar refractivity (Wildman–Crippen MR) is 136 cm³/mol. The molecule has 1 fully saturated rings. The van der Waals surface area contributed by atoms with Crippen LogP contribution in [0.2, 0.25) is 10.0 Å². The molecule has 34 heavy (non-hydrogen) atoms. The number of amides is 2. The third kappa shape index (κ3) is 5.80. The molecule has 0 unspecified atom stereocenters. The molecular formula is C25H18Cl2N2O4S. The summed E-state index contributed by atoms with van der Waals surface area (Å²) in [6.07, 6.45) is 1.69. The molecule has 0 spiro atoms. The fraction of sp³-hybridized carbons (Fsp3) is 0.0800. The maximum atomic E-state index is 12.4. The topological polar surface area (TPSA) is 77.0 Å². The van der Waals surface area contributed by atoms with Crippen LogP contribution in [0.3, 0.4) is 0 Å². The largest absolute Gasteiger partial charge is 0.493 e. The number of amidine groups is 1. The molecule has 3 aromatic rings. The first-order valence-electron chi connectivity index (χ1n) is 10.1. The van der Waals surface area contributed by atoms with Crippen molar-refractivity contribution in [2.75, 3.05) is 7.11 Å². The summed E-state index contributed by atoms with van der Waals surface area (Å²) in [5.74, 6) is 0.265. The first-order chi connectivity index (χ1) is 16.4. The van der Waals surface area contributed by atoms with Crippen LogP contribution >= 0.6 is 35.0 Å². The minimum Gasteiger partial charge on any atom is -0.493 e. The van der Waals surface area contributed by atoms with Crippen molar-refractivity contribution in [1.29, 1.82) is 0 Å². The van der Waals surface area contributed by atoms with Gasteiger partial charge in [-0.25, -0.2) is 0 Å². The highest BCUT2D eigenvalue weighted by atomic mass is 35.5. The Morgan fingerprint density at radius 3 is 2.59 bits per heavy atom. The fourth-order valence-corrected chi connectivity index (χ4v) is 4.34. The molecular weight excluding hydrogens is 495 g/mol. The lowest BCUT2D eigenvalue weighted by atomic mass is 10.2. The second-order valence-electron chi connectivity index (χ2n) is 7.09. The van der Waals surface area contributed by atoms with Crippen molar-refractivity contribution < 1.29 is 19.1 Å². The van der Waals surface area contributed by atoms with Crippen molar-refractivity contribution in [1.82, 2.24) is 5.32 Å². The second-order valence-corrected chi connectivity index (χ2v) is 8.96. The van der Waals surface area contributed by atoms with Crippen LogP contribution in [0.5, 0.6) is 11.5 Å². The molecule has 0 bridgehead atoms. The Kier molecular flexibility index (Phi) is 7.57. The van der Waals surface area contributed by atoms with E-state index in [9.17, 15) is 9.59 Å². The molecule has 9 heteroatoms. The summed E-state index contributed by atoms with van der Waals surface area (Å²) in [6.45, 7) is 0.236. The molecule has 0 saturated carbocycles. The van der Waals surface area contributed by atoms with Gasteiger partial charge in [0.15, 0.2) is 16.7 Å². The number of nitrogens with zero attached hydrogens (tertiary/aromatic N) is 1. The summed E-state index contributed by atoms with van der Waals surface area (Å²) in [4.78, 5) is 29.1. The molecule has 3 aromatic carbocycles. The highest BCUT2D eigenvalue weighted by Gasteiger charge is 2.25. The van der Waals surface area contributed by atoms with E-state index in [1.807, 2.05) is 6.07 Å². The van der Waals surface area contributed by atoms with Crippen molar-refractivity contribution in [2.45, 2.75) is 6.61 Å². The molecule has 0 radical (unpaired) electrons. The van der Waals surface area contributed by atoms with Gasteiger partial charge in [-0.3, -0.25) is 9.59 Å². The molecule has 1 N–H and O–H groups in total. The molecule has 1 aliphatic rings. The number of nitrogens with one attached hydrogen (secondary N) is 1. The van der Waals surface area contributed by atoms with Crippen molar-refractivity contribution in [3.63, 3.8) is 0 Å². The van der Waals surface area contributed by atoms with E-state index in [2.05, 4.69) is 10.3 Å². The number of thioether (sulfide) groups is 1. The molecule has 1 heterocycles. The quantitative estimate of drug-likeness (QED) is 0.411. The Morgan fingerprint density at radius 2 is 1.85 bits per heavy atom. The highest BCUT2D eigenvalue weighted by molar-refractivity contribution is 8.18. The van der Waals surface area contributed by atoms with Crippen LogP contribution in [0.15, 0.2) is 76.6 Å². The smallest absolute Gasteiger partial charge is 0.279 e. The maximum absolute atomic E-state index is 12.4. The molecule has 0 aromatic heterocycles. The van der Waals surface area contributed by atoms with Crippen LogP contribution in [0.25, 0.3) is 6.08 Å². The Hall–Kier alpha value is -3.26. The zero-order valence-electron chi connectivity index (χ0n) is 17.9. The van der Waals surface area contributed by atoms with E-state index in [0.717, 1.165) is 22.9 Å². The molecule has 1 saturated heterocycles. The summed E-state index contributed by atoms with van der Waals surface area (Å²) in [5.41, 5.74) is 1.96. The normalized spacial score (nSPS) is 15.4. The lowest BCUT2D eigenvalue weighted by molar-refractivity contribution is -0.115. The lowest BCUT2D eigenvalue weighted by Crippen LogP contribution is -2.20. The maximum Gasteiger partial charge on any atom is 0.279 e. The number of ether oxygens (including phenoxy) is 2. The summed E-state index contributed by atoms with van der Waals surface area (Å²) >= 11 is 13.2. The number of carbonyl (C=O) groups is 2. The summed E-state index contributed by atoms with van der Waals surface area (Å²) in [5, 5.41) is 3.92. The first kappa shape index (κ1) is 23.9. The van der Waals surface area contributed by atoms with Crippen LogP contribution in [-0.4, -0.2) is 24.1 Å².